The van der Waals surface area contributed by atoms with Crippen LogP contribution in [0.2, 0.25) is 0 Å². The number of hydrogen-bond donors (Lipinski definition) is 1. The SMILES string of the molecule is CCCCN(C(=O)/C=C/c1ccc(C(=O)NC2CC2)cc1)c1ccccc1. The topological polar surface area (TPSA) is 49.4 Å². The summed E-state index contributed by atoms with van der Waals surface area (Å²) in [7, 11) is 0. The van der Waals surface area contributed by atoms with Crippen LogP contribution in [0.4, 0.5) is 5.69 Å². The second-order valence-corrected chi connectivity index (χ2v) is 6.88. The zero-order chi connectivity index (χ0) is 19.1. The van der Waals surface area contributed by atoms with Gasteiger partial charge in [0.25, 0.3) is 11.8 Å². The first-order valence-electron chi connectivity index (χ1n) is 9.63. The third-order valence-corrected chi connectivity index (χ3v) is 4.57. The van der Waals surface area contributed by atoms with Crippen LogP contribution < -0.4 is 10.2 Å². The molecule has 27 heavy (non-hydrogen) atoms. The van der Waals surface area contributed by atoms with Crippen LogP contribution in [0.15, 0.2) is 60.7 Å². The predicted molar refractivity (Wildman–Crippen MR) is 110 cm³/mol. The molecule has 0 spiro atoms. The Labute approximate surface area is 160 Å². The van der Waals surface area contributed by atoms with Gasteiger partial charge in [-0.2, -0.15) is 0 Å². The second-order valence-electron chi connectivity index (χ2n) is 6.88. The van der Waals surface area contributed by atoms with Crippen LogP contribution in [0.5, 0.6) is 0 Å². The summed E-state index contributed by atoms with van der Waals surface area (Å²) >= 11 is 0. The first kappa shape index (κ1) is 18.9. The minimum absolute atomic E-state index is 0.0288. The van der Waals surface area contributed by atoms with E-state index in [1.807, 2.05) is 42.5 Å². The van der Waals surface area contributed by atoms with Crippen molar-refractivity contribution in [3.63, 3.8) is 0 Å². The highest BCUT2D eigenvalue weighted by Gasteiger charge is 2.23. The van der Waals surface area contributed by atoms with Gasteiger partial charge >= 0.3 is 0 Å². The molecule has 1 saturated carbocycles. The number of carbonyl (C=O) groups excluding carboxylic acids is 2. The van der Waals surface area contributed by atoms with Crippen LogP contribution in [0, 0.1) is 0 Å². The summed E-state index contributed by atoms with van der Waals surface area (Å²) in [4.78, 5) is 26.5. The molecule has 0 radical (unpaired) electrons. The highest BCUT2D eigenvalue weighted by atomic mass is 16.2. The van der Waals surface area contributed by atoms with E-state index in [1.54, 1.807) is 29.2 Å². The van der Waals surface area contributed by atoms with Crippen LogP contribution in [-0.2, 0) is 4.79 Å². The van der Waals surface area contributed by atoms with Gasteiger partial charge in [0.15, 0.2) is 0 Å². The normalized spacial score (nSPS) is 13.5. The lowest BCUT2D eigenvalue weighted by molar-refractivity contribution is -0.114. The Kier molecular flexibility index (Phi) is 6.42. The molecule has 1 N–H and O–H groups in total. The molecule has 1 aliphatic rings. The molecule has 0 aliphatic heterocycles. The highest BCUT2D eigenvalue weighted by molar-refractivity contribution is 6.04. The van der Waals surface area contributed by atoms with Gasteiger partial charge in [-0.25, -0.2) is 0 Å². The number of carbonyl (C=O) groups is 2. The second kappa shape index (κ2) is 9.17. The summed E-state index contributed by atoms with van der Waals surface area (Å²) in [5.74, 6) is -0.0656. The molecule has 4 nitrogen and oxygen atoms in total. The van der Waals surface area contributed by atoms with Crippen LogP contribution >= 0.6 is 0 Å². The van der Waals surface area contributed by atoms with Crippen molar-refractivity contribution in [3.8, 4) is 0 Å². The zero-order valence-electron chi connectivity index (χ0n) is 15.7. The lowest BCUT2D eigenvalue weighted by Crippen LogP contribution is -2.30. The van der Waals surface area contributed by atoms with E-state index in [0.29, 0.717) is 18.2 Å². The highest BCUT2D eigenvalue weighted by Crippen LogP contribution is 2.19. The Balaban J connectivity index is 1.65. The third kappa shape index (κ3) is 5.55. The molecule has 2 aromatic rings. The van der Waals surface area contributed by atoms with E-state index in [-0.39, 0.29) is 11.8 Å². The molecule has 140 valence electrons. The number of anilines is 1. The number of benzene rings is 2. The van der Waals surface area contributed by atoms with Gasteiger partial charge in [0.05, 0.1) is 0 Å². The molecule has 1 aliphatic carbocycles. The molecule has 2 amide bonds. The lowest BCUT2D eigenvalue weighted by atomic mass is 10.1. The maximum Gasteiger partial charge on any atom is 0.251 e. The number of nitrogens with zero attached hydrogens (tertiary/aromatic N) is 1. The fourth-order valence-electron chi connectivity index (χ4n) is 2.79. The Bertz CT molecular complexity index is 793. The van der Waals surface area contributed by atoms with Gasteiger partial charge in [-0.15, -0.1) is 0 Å². The molecule has 0 saturated heterocycles. The van der Waals surface area contributed by atoms with Crippen molar-refractivity contribution in [3.05, 3.63) is 71.8 Å². The van der Waals surface area contributed by atoms with Gasteiger partial charge in [0.2, 0.25) is 0 Å². The van der Waals surface area contributed by atoms with Gasteiger partial charge < -0.3 is 10.2 Å². The van der Waals surface area contributed by atoms with Gasteiger partial charge in [-0.3, -0.25) is 9.59 Å². The van der Waals surface area contributed by atoms with Crippen molar-refractivity contribution >= 4 is 23.6 Å². The molecule has 0 heterocycles. The fourth-order valence-corrected chi connectivity index (χ4v) is 2.79. The molecule has 0 aromatic heterocycles. The minimum Gasteiger partial charge on any atom is -0.349 e. The standard InChI is InChI=1S/C23H26N2O2/c1-2-3-17-25(21-7-5-4-6-8-21)22(26)16-11-18-9-12-19(13-10-18)23(27)24-20-14-15-20/h4-13,16,20H,2-3,14-15,17H2,1H3,(H,24,27)/b16-11+. The molecular weight excluding hydrogens is 336 g/mol. The largest absolute Gasteiger partial charge is 0.349 e. The van der Waals surface area contributed by atoms with E-state index < -0.39 is 0 Å². The number of hydrogen-bond acceptors (Lipinski definition) is 2. The average molecular weight is 362 g/mol. The summed E-state index contributed by atoms with van der Waals surface area (Å²) in [5, 5.41) is 2.97. The van der Waals surface area contributed by atoms with E-state index in [4.69, 9.17) is 0 Å². The van der Waals surface area contributed by atoms with Crippen molar-refractivity contribution in [1.82, 2.24) is 5.32 Å². The smallest absolute Gasteiger partial charge is 0.251 e. The number of nitrogens with one attached hydrogen (secondary N) is 1. The molecule has 2 aromatic carbocycles. The lowest BCUT2D eigenvalue weighted by Gasteiger charge is -2.21. The number of amides is 2. The first-order valence-corrected chi connectivity index (χ1v) is 9.63. The summed E-state index contributed by atoms with van der Waals surface area (Å²) < 4.78 is 0. The van der Waals surface area contributed by atoms with Crippen LogP contribution in [-0.4, -0.2) is 24.4 Å². The molecule has 4 heteroatoms. The van der Waals surface area contributed by atoms with Crippen LogP contribution in [0.3, 0.4) is 0 Å². The molecule has 0 unspecified atom stereocenters. The zero-order valence-corrected chi connectivity index (χ0v) is 15.7. The first-order chi connectivity index (χ1) is 13.2. The molecule has 0 atom stereocenters. The van der Waals surface area contributed by atoms with Gasteiger partial charge in [-0.1, -0.05) is 43.7 Å². The van der Waals surface area contributed by atoms with E-state index >= 15 is 0 Å². The van der Waals surface area contributed by atoms with Crippen molar-refractivity contribution in [2.45, 2.75) is 38.6 Å². The van der Waals surface area contributed by atoms with Crippen LogP contribution in [0.1, 0.15) is 48.5 Å². The molecule has 0 bridgehead atoms. The number of unbranched alkanes of at least 4 members (excludes halogenated alkanes) is 1. The molecule has 1 fully saturated rings. The minimum atomic E-state index is -0.0368. The molecule has 3 rings (SSSR count). The Morgan fingerprint density at radius 2 is 1.78 bits per heavy atom. The van der Waals surface area contributed by atoms with Crippen molar-refractivity contribution in [1.29, 1.82) is 0 Å². The fraction of sp³-hybridized carbons (Fsp3) is 0.304. The van der Waals surface area contributed by atoms with E-state index in [0.717, 1.165) is 36.9 Å². The van der Waals surface area contributed by atoms with Crippen molar-refractivity contribution in [2.75, 3.05) is 11.4 Å². The number of rotatable bonds is 8. The predicted octanol–water partition coefficient (Wildman–Crippen LogP) is 4.43. The molecular formula is C23H26N2O2. The summed E-state index contributed by atoms with van der Waals surface area (Å²) in [6.45, 7) is 2.81. The Hall–Kier alpha value is -2.88. The van der Waals surface area contributed by atoms with Crippen LogP contribution in [0.25, 0.3) is 6.08 Å². The van der Waals surface area contributed by atoms with Crippen molar-refractivity contribution in [2.24, 2.45) is 0 Å². The summed E-state index contributed by atoms with van der Waals surface area (Å²) in [5.41, 5.74) is 2.46. The third-order valence-electron chi connectivity index (χ3n) is 4.57. The van der Waals surface area contributed by atoms with E-state index in [1.165, 1.54) is 0 Å². The summed E-state index contributed by atoms with van der Waals surface area (Å²) in [6, 6.07) is 17.4. The maximum absolute atomic E-state index is 12.7. The van der Waals surface area contributed by atoms with Gasteiger partial charge in [0.1, 0.15) is 0 Å². The Morgan fingerprint density at radius 3 is 2.41 bits per heavy atom. The van der Waals surface area contributed by atoms with E-state index in [9.17, 15) is 9.59 Å². The van der Waals surface area contributed by atoms with Gasteiger partial charge in [-0.05, 0) is 55.2 Å². The van der Waals surface area contributed by atoms with Gasteiger partial charge in [0, 0.05) is 29.9 Å². The Morgan fingerprint density at radius 1 is 1.07 bits per heavy atom. The van der Waals surface area contributed by atoms with E-state index in [2.05, 4.69) is 12.2 Å². The maximum atomic E-state index is 12.7. The number of para-hydroxylation sites is 1. The van der Waals surface area contributed by atoms with Crippen molar-refractivity contribution < 1.29 is 9.59 Å². The summed E-state index contributed by atoms with van der Waals surface area (Å²) in [6.07, 6.45) is 7.54. The quantitative estimate of drug-likeness (QED) is 0.707. The monoisotopic (exact) mass is 362 g/mol. The average Bonchev–Trinajstić information content (AvgIpc) is 3.52.